The highest BCUT2D eigenvalue weighted by atomic mass is 16.5. The molecule has 0 aromatic carbocycles. The molecule has 5 nitrogen and oxygen atoms in total. The van der Waals surface area contributed by atoms with E-state index in [-0.39, 0.29) is 11.2 Å². The Kier molecular flexibility index (Phi) is 2.48. The first-order chi connectivity index (χ1) is 7.08. The maximum absolute atomic E-state index is 11.5. The fraction of sp³-hybridized carbons (Fsp3) is 0.600. The van der Waals surface area contributed by atoms with Gasteiger partial charge in [-0.05, 0) is 13.8 Å². The summed E-state index contributed by atoms with van der Waals surface area (Å²) in [4.78, 5) is 20.2. The van der Waals surface area contributed by atoms with Crippen LogP contribution in [0, 0.1) is 0 Å². The van der Waals surface area contributed by atoms with Crippen molar-refractivity contribution in [2.24, 2.45) is 0 Å². The summed E-state index contributed by atoms with van der Waals surface area (Å²) in [5.74, 6) is 0.480. The zero-order valence-electron chi connectivity index (χ0n) is 8.99. The van der Waals surface area contributed by atoms with Crippen LogP contribution in [0.4, 0.5) is 5.82 Å². The number of nitrogens with one attached hydrogen (secondary N) is 1. The Labute approximate surface area is 88.1 Å². The highest BCUT2D eigenvalue weighted by Crippen LogP contribution is 2.18. The van der Waals surface area contributed by atoms with E-state index in [0.717, 1.165) is 0 Å². The van der Waals surface area contributed by atoms with Crippen molar-refractivity contribution in [3.05, 3.63) is 22.7 Å². The molecule has 0 unspecified atom stereocenters. The number of H-pyrrole nitrogens is 1. The summed E-state index contributed by atoms with van der Waals surface area (Å²) >= 11 is 0. The summed E-state index contributed by atoms with van der Waals surface area (Å²) in [6, 6.07) is 0. The number of anilines is 1. The van der Waals surface area contributed by atoms with Gasteiger partial charge >= 0.3 is 0 Å². The smallest absolute Gasteiger partial charge is 0.290 e. The molecule has 1 aliphatic rings. The molecule has 15 heavy (non-hydrogen) atoms. The third-order valence-electron chi connectivity index (χ3n) is 2.41. The van der Waals surface area contributed by atoms with Crippen LogP contribution in [0.2, 0.25) is 0 Å². The molecule has 0 atom stereocenters. The first kappa shape index (κ1) is 10.2. The summed E-state index contributed by atoms with van der Waals surface area (Å²) in [7, 11) is 0. The summed E-state index contributed by atoms with van der Waals surface area (Å²) in [6.07, 6.45) is 3.14. The van der Waals surface area contributed by atoms with Crippen LogP contribution in [0.3, 0.4) is 0 Å². The Hall–Kier alpha value is -1.36. The molecule has 0 saturated carbocycles. The monoisotopic (exact) mass is 209 g/mol. The van der Waals surface area contributed by atoms with E-state index in [2.05, 4.69) is 9.97 Å². The molecule has 0 amide bonds. The van der Waals surface area contributed by atoms with Crippen LogP contribution in [0.5, 0.6) is 0 Å². The van der Waals surface area contributed by atoms with E-state index in [4.69, 9.17) is 4.74 Å². The van der Waals surface area contributed by atoms with Crippen molar-refractivity contribution in [3.63, 3.8) is 0 Å². The maximum atomic E-state index is 11.5. The quantitative estimate of drug-likeness (QED) is 0.726. The van der Waals surface area contributed by atoms with Crippen LogP contribution in [-0.2, 0) is 4.74 Å². The second-order valence-corrected chi connectivity index (χ2v) is 4.27. The van der Waals surface area contributed by atoms with E-state index in [0.29, 0.717) is 25.5 Å². The number of ether oxygens (including phenoxy) is 1. The molecule has 2 heterocycles. The van der Waals surface area contributed by atoms with Crippen molar-refractivity contribution < 1.29 is 4.74 Å². The topological polar surface area (TPSA) is 58.2 Å². The third-order valence-corrected chi connectivity index (χ3v) is 2.41. The van der Waals surface area contributed by atoms with Gasteiger partial charge in [-0.25, -0.2) is 4.98 Å². The zero-order chi connectivity index (χ0) is 10.9. The van der Waals surface area contributed by atoms with Crippen molar-refractivity contribution in [2.75, 3.05) is 24.6 Å². The lowest BCUT2D eigenvalue weighted by molar-refractivity contribution is -0.0279. The molecule has 0 spiro atoms. The molecule has 0 aliphatic carbocycles. The lowest BCUT2D eigenvalue weighted by Gasteiger charge is -2.38. The van der Waals surface area contributed by atoms with Gasteiger partial charge in [0.2, 0.25) is 0 Å². The van der Waals surface area contributed by atoms with Crippen LogP contribution < -0.4 is 10.5 Å². The first-order valence-corrected chi connectivity index (χ1v) is 5.01. The van der Waals surface area contributed by atoms with Crippen molar-refractivity contribution >= 4 is 5.82 Å². The average molecular weight is 209 g/mol. The fourth-order valence-corrected chi connectivity index (χ4v) is 1.77. The Bertz CT molecular complexity index is 400. The number of morpholine rings is 1. The van der Waals surface area contributed by atoms with Gasteiger partial charge in [-0.2, -0.15) is 0 Å². The molecule has 1 fully saturated rings. The molecule has 1 N–H and O–H groups in total. The summed E-state index contributed by atoms with van der Waals surface area (Å²) in [5, 5.41) is 0. The van der Waals surface area contributed by atoms with E-state index < -0.39 is 0 Å². The van der Waals surface area contributed by atoms with Crippen LogP contribution in [-0.4, -0.2) is 35.3 Å². The summed E-state index contributed by atoms with van der Waals surface area (Å²) < 4.78 is 5.58. The van der Waals surface area contributed by atoms with Crippen molar-refractivity contribution in [3.8, 4) is 0 Å². The normalized spacial score (nSPS) is 20.3. The van der Waals surface area contributed by atoms with Crippen LogP contribution >= 0.6 is 0 Å². The highest BCUT2D eigenvalue weighted by Gasteiger charge is 2.28. The molecular weight excluding hydrogens is 194 g/mol. The minimum absolute atomic E-state index is 0.143. The second kappa shape index (κ2) is 3.66. The van der Waals surface area contributed by atoms with Gasteiger partial charge in [0, 0.05) is 25.5 Å². The number of hydrogen-bond acceptors (Lipinski definition) is 4. The van der Waals surface area contributed by atoms with E-state index in [1.54, 1.807) is 6.20 Å². The minimum Gasteiger partial charge on any atom is -0.372 e. The average Bonchev–Trinajstić information content (AvgIpc) is 2.17. The molecule has 0 bridgehead atoms. The highest BCUT2D eigenvalue weighted by molar-refractivity contribution is 5.36. The standard InChI is InChI=1S/C10H15N3O2/c1-10(2)7-13(5-6-15-10)8-9(14)12-4-3-11-8/h3-4H,5-7H2,1-2H3,(H,12,14). The third kappa shape index (κ3) is 2.18. The molecule has 2 rings (SSSR count). The molecular formula is C10H15N3O2. The summed E-state index contributed by atoms with van der Waals surface area (Å²) in [5.41, 5.74) is -0.363. The predicted molar refractivity (Wildman–Crippen MR) is 57.1 cm³/mol. The van der Waals surface area contributed by atoms with Gasteiger partial charge in [0.15, 0.2) is 5.82 Å². The molecule has 1 aromatic heterocycles. The second-order valence-electron chi connectivity index (χ2n) is 4.27. The SMILES string of the molecule is CC1(C)CN(c2ncc[nH]c2=O)CCO1. The number of nitrogens with zero attached hydrogens (tertiary/aromatic N) is 2. The van der Waals surface area contributed by atoms with Crippen molar-refractivity contribution in [1.29, 1.82) is 0 Å². The molecule has 1 aliphatic heterocycles. The number of aromatic amines is 1. The fourth-order valence-electron chi connectivity index (χ4n) is 1.77. The van der Waals surface area contributed by atoms with Gasteiger partial charge in [0.25, 0.3) is 5.56 Å². The Balaban J connectivity index is 2.25. The van der Waals surface area contributed by atoms with Gasteiger partial charge in [-0.1, -0.05) is 0 Å². The van der Waals surface area contributed by atoms with Gasteiger partial charge in [-0.15, -0.1) is 0 Å². The lowest BCUT2D eigenvalue weighted by Crippen LogP contribution is -2.50. The number of aromatic nitrogens is 2. The largest absolute Gasteiger partial charge is 0.372 e. The Morgan fingerprint density at radius 2 is 2.40 bits per heavy atom. The van der Waals surface area contributed by atoms with Crippen LogP contribution in [0.25, 0.3) is 0 Å². The Morgan fingerprint density at radius 1 is 1.60 bits per heavy atom. The van der Waals surface area contributed by atoms with Crippen molar-refractivity contribution in [2.45, 2.75) is 19.4 Å². The predicted octanol–water partition coefficient (Wildman–Crippen LogP) is 0.385. The van der Waals surface area contributed by atoms with Gasteiger partial charge in [0.05, 0.1) is 12.2 Å². The van der Waals surface area contributed by atoms with Crippen LogP contribution in [0.15, 0.2) is 17.2 Å². The molecule has 1 saturated heterocycles. The molecule has 5 heteroatoms. The minimum atomic E-state index is -0.220. The van der Waals surface area contributed by atoms with Gasteiger partial charge in [0.1, 0.15) is 0 Å². The van der Waals surface area contributed by atoms with E-state index in [1.165, 1.54) is 6.20 Å². The number of rotatable bonds is 1. The van der Waals surface area contributed by atoms with E-state index >= 15 is 0 Å². The Morgan fingerprint density at radius 3 is 3.07 bits per heavy atom. The molecule has 1 aromatic rings. The molecule has 0 radical (unpaired) electrons. The summed E-state index contributed by atoms with van der Waals surface area (Å²) in [6.45, 7) is 6.05. The number of hydrogen-bond donors (Lipinski definition) is 1. The van der Waals surface area contributed by atoms with Gasteiger partial charge < -0.3 is 14.6 Å². The van der Waals surface area contributed by atoms with E-state index in [1.807, 2.05) is 18.7 Å². The molecule has 82 valence electrons. The lowest BCUT2D eigenvalue weighted by atomic mass is 10.1. The van der Waals surface area contributed by atoms with Gasteiger partial charge in [-0.3, -0.25) is 4.79 Å². The van der Waals surface area contributed by atoms with Crippen molar-refractivity contribution in [1.82, 2.24) is 9.97 Å². The van der Waals surface area contributed by atoms with E-state index in [9.17, 15) is 4.79 Å². The zero-order valence-corrected chi connectivity index (χ0v) is 8.99. The first-order valence-electron chi connectivity index (χ1n) is 5.01. The maximum Gasteiger partial charge on any atom is 0.290 e. The van der Waals surface area contributed by atoms with Crippen LogP contribution in [0.1, 0.15) is 13.8 Å².